The lowest BCUT2D eigenvalue weighted by Gasteiger charge is -2.23. The van der Waals surface area contributed by atoms with Crippen LogP contribution in [0.25, 0.3) is 22.2 Å². The van der Waals surface area contributed by atoms with Gasteiger partial charge in [0.1, 0.15) is 12.6 Å². The van der Waals surface area contributed by atoms with Gasteiger partial charge < -0.3 is 15.2 Å². The van der Waals surface area contributed by atoms with Crippen LogP contribution in [0.15, 0.2) is 60.7 Å². The number of hydrogen-bond acceptors (Lipinski definition) is 2. The Morgan fingerprint density at radius 3 is 2.69 bits per heavy atom. The van der Waals surface area contributed by atoms with Gasteiger partial charge in [-0.2, -0.15) is 0 Å². The van der Waals surface area contributed by atoms with Crippen LogP contribution in [0.1, 0.15) is 12.8 Å². The summed E-state index contributed by atoms with van der Waals surface area (Å²) in [5.74, 6) is -0.240. The number of para-hydroxylation sites is 1. The zero-order valence-corrected chi connectivity index (χ0v) is 14.4. The molecule has 1 atom stereocenters. The van der Waals surface area contributed by atoms with Gasteiger partial charge in [-0.15, -0.1) is 0 Å². The number of piperidine rings is 1. The molecule has 1 aromatic heterocycles. The first kappa shape index (κ1) is 16.4. The van der Waals surface area contributed by atoms with Gasteiger partial charge in [0.15, 0.2) is 0 Å². The second-order valence-electron chi connectivity index (χ2n) is 6.59. The summed E-state index contributed by atoms with van der Waals surface area (Å²) >= 11 is 0. The van der Waals surface area contributed by atoms with E-state index in [1.807, 2.05) is 59.2 Å². The SMILES string of the molecule is O=C(Cn1c(-c2ccccc2)cc2ccccc21)NC1CCCNC1=O. The third-order valence-electron chi connectivity index (χ3n) is 4.80. The van der Waals surface area contributed by atoms with Crippen molar-refractivity contribution in [3.63, 3.8) is 0 Å². The van der Waals surface area contributed by atoms with Crippen molar-refractivity contribution in [1.82, 2.24) is 15.2 Å². The molecule has 1 fully saturated rings. The predicted molar refractivity (Wildman–Crippen MR) is 102 cm³/mol. The minimum Gasteiger partial charge on any atom is -0.354 e. The van der Waals surface area contributed by atoms with Gasteiger partial charge in [-0.25, -0.2) is 0 Å². The van der Waals surface area contributed by atoms with Gasteiger partial charge in [-0.1, -0.05) is 48.5 Å². The van der Waals surface area contributed by atoms with Crippen LogP contribution >= 0.6 is 0 Å². The van der Waals surface area contributed by atoms with E-state index >= 15 is 0 Å². The maximum atomic E-state index is 12.6. The Labute approximate surface area is 152 Å². The van der Waals surface area contributed by atoms with Crippen molar-refractivity contribution >= 4 is 22.7 Å². The summed E-state index contributed by atoms with van der Waals surface area (Å²) < 4.78 is 2.01. The van der Waals surface area contributed by atoms with Crippen molar-refractivity contribution in [3.8, 4) is 11.3 Å². The number of nitrogens with one attached hydrogen (secondary N) is 2. The molecule has 1 aliphatic rings. The van der Waals surface area contributed by atoms with E-state index in [0.717, 1.165) is 28.6 Å². The molecule has 1 unspecified atom stereocenters. The van der Waals surface area contributed by atoms with Crippen molar-refractivity contribution < 1.29 is 9.59 Å². The van der Waals surface area contributed by atoms with Gasteiger partial charge in [0.05, 0.1) is 0 Å². The van der Waals surface area contributed by atoms with E-state index < -0.39 is 6.04 Å². The first-order chi connectivity index (χ1) is 12.7. The molecule has 0 saturated carbocycles. The summed E-state index contributed by atoms with van der Waals surface area (Å²) in [6, 6.07) is 19.7. The van der Waals surface area contributed by atoms with Gasteiger partial charge in [0, 0.05) is 23.1 Å². The number of benzene rings is 2. The molecule has 2 heterocycles. The van der Waals surface area contributed by atoms with Crippen LogP contribution in [0.4, 0.5) is 0 Å². The highest BCUT2D eigenvalue weighted by molar-refractivity contribution is 5.91. The first-order valence-corrected chi connectivity index (χ1v) is 8.93. The minimum absolute atomic E-state index is 0.0924. The van der Waals surface area contributed by atoms with E-state index in [1.165, 1.54) is 0 Å². The van der Waals surface area contributed by atoms with E-state index in [9.17, 15) is 9.59 Å². The molecular formula is C21H21N3O2. The van der Waals surface area contributed by atoms with Crippen molar-refractivity contribution in [2.45, 2.75) is 25.4 Å². The quantitative estimate of drug-likeness (QED) is 0.762. The number of amides is 2. The van der Waals surface area contributed by atoms with Crippen LogP contribution in [0.2, 0.25) is 0 Å². The highest BCUT2D eigenvalue weighted by Crippen LogP contribution is 2.28. The van der Waals surface area contributed by atoms with E-state index in [2.05, 4.69) is 16.7 Å². The number of rotatable bonds is 4. The molecule has 2 amide bonds. The number of fused-ring (bicyclic) bond motifs is 1. The molecule has 2 aromatic carbocycles. The molecule has 5 heteroatoms. The Bertz CT molecular complexity index is 946. The molecule has 5 nitrogen and oxygen atoms in total. The first-order valence-electron chi connectivity index (χ1n) is 8.93. The Hall–Kier alpha value is -3.08. The molecule has 0 bridgehead atoms. The summed E-state index contributed by atoms with van der Waals surface area (Å²) in [6.07, 6.45) is 1.58. The van der Waals surface area contributed by atoms with Crippen molar-refractivity contribution in [3.05, 3.63) is 60.7 Å². The maximum Gasteiger partial charge on any atom is 0.242 e. The van der Waals surface area contributed by atoms with Crippen molar-refractivity contribution in [2.24, 2.45) is 0 Å². The highest BCUT2D eigenvalue weighted by atomic mass is 16.2. The lowest BCUT2D eigenvalue weighted by atomic mass is 10.1. The maximum absolute atomic E-state index is 12.6. The molecule has 1 aliphatic heterocycles. The summed E-state index contributed by atoms with van der Waals surface area (Å²) in [7, 11) is 0. The number of carbonyl (C=O) groups is 2. The average molecular weight is 347 g/mol. The molecule has 0 spiro atoms. The molecular weight excluding hydrogens is 326 g/mol. The zero-order valence-electron chi connectivity index (χ0n) is 14.4. The highest BCUT2D eigenvalue weighted by Gasteiger charge is 2.24. The Morgan fingerprint density at radius 2 is 1.88 bits per heavy atom. The monoisotopic (exact) mass is 347 g/mol. The average Bonchev–Trinajstić information content (AvgIpc) is 3.03. The standard InChI is InChI=1S/C21H21N3O2/c25-20(23-17-10-6-12-22-21(17)26)14-24-18-11-5-4-9-16(18)13-19(24)15-7-2-1-3-8-15/h1-5,7-9,11,13,17H,6,10,12,14H2,(H,22,26)(H,23,25). The number of aromatic nitrogens is 1. The number of nitrogens with zero attached hydrogens (tertiary/aromatic N) is 1. The van der Waals surface area contributed by atoms with Gasteiger partial charge >= 0.3 is 0 Å². The fraction of sp³-hybridized carbons (Fsp3) is 0.238. The lowest BCUT2D eigenvalue weighted by Crippen LogP contribution is -2.50. The van der Waals surface area contributed by atoms with E-state index in [1.54, 1.807) is 0 Å². The van der Waals surface area contributed by atoms with Crippen molar-refractivity contribution in [2.75, 3.05) is 6.54 Å². The smallest absolute Gasteiger partial charge is 0.242 e. The molecule has 2 N–H and O–H groups in total. The lowest BCUT2D eigenvalue weighted by molar-refractivity contribution is -0.130. The second-order valence-corrected chi connectivity index (χ2v) is 6.59. The molecule has 0 aliphatic carbocycles. The summed E-state index contributed by atoms with van der Waals surface area (Å²) in [6.45, 7) is 0.868. The molecule has 26 heavy (non-hydrogen) atoms. The molecule has 132 valence electrons. The third-order valence-corrected chi connectivity index (χ3v) is 4.80. The zero-order chi connectivity index (χ0) is 17.9. The molecule has 0 radical (unpaired) electrons. The normalized spacial score (nSPS) is 17.1. The second kappa shape index (κ2) is 7.04. The number of carbonyl (C=O) groups excluding carboxylic acids is 2. The van der Waals surface area contributed by atoms with Crippen LogP contribution < -0.4 is 10.6 Å². The minimum atomic E-state index is -0.432. The van der Waals surface area contributed by atoms with Crippen LogP contribution in [0.3, 0.4) is 0 Å². The van der Waals surface area contributed by atoms with Gasteiger partial charge in [-0.3, -0.25) is 9.59 Å². The summed E-state index contributed by atoms with van der Waals surface area (Å²) in [5.41, 5.74) is 3.07. The molecule has 4 rings (SSSR count). The molecule has 3 aromatic rings. The van der Waals surface area contributed by atoms with Crippen LogP contribution in [-0.4, -0.2) is 29.0 Å². The fourth-order valence-electron chi connectivity index (χ4n) is 3.52. The Morgan fingerprint density at radius 1 is 1.12 bits per heavy atom. The van der Waals surface area contributed by atoms with E-state index in [4.69, 9.17) is 0 Å². The van der Waals surface area contributed by atoms with Crippen LogP contribution in [-0.2, 0) is 16.1 Å². The van der Waals surface area contributed by atoms with Crippen molar-refractivity contribution in [1.29, 1.82) is 0 Å². The Kier molecular flexibility index (Phi) is 4.44. The van der Waals surface area contributed by atoms with Crippen LogP contribution in [0.5, 0.6) is 0 Å². The molecule has 1 saturated heterocycles. The summed E-state index contributed by atoms with van der Waals surface area (Å²) in [4.78, 5) is 24.5. The van der Waals surface area contributed by atoms with Crippen LogP contribution in [0, 0.1) is 0 Å². The largest absolute Gasteiger partial charge is 0.354 e. The van der Waals surface area contributed by atoms with Gasteiger partial charge in [0.2, 0.25) is 11.8 Å². The van der Waals surface area contributed by atoms with Gasteiger partial charge in [0.25, 0.3) is 0 Å². The predicted octanol–water partition coefficient (Wildman–Crippen LogP) is 2.70. The topological polar surface area (TPSA) is 63.1 Å². The number of hydrogen-bond donors (Lipinski definition) is 2. The van der Waals surface area contributed by atoms with Gasteiger partial charge in [-0.05, 0) is 30.5 Å². The fourth-order valence-corrected chi connectivity index (χ4v) is 3.52. The summed E-state index contributed by atoms with van der Waals surface area (Å²) in [5, 5.41) is 6.77. The third kappa shape index (κ3) is 3.20. The van der Waals surface area contributed by atoms with E-state index in [0.29, 0.717) is 13.0 Å². The Balaban J connectivity index is 1.64. The van der Waals surface area contributed by atoms with E-state index in [-0.39, 0.29) is 18.4 Å².